The van der Waals surface area contributed by atoms with Gasteiger partial charge in [0.25, 0.3) is 0 Å². The summed E-state index contributed by atoms with van der Waals surface area (Å²) >= 11 is 0. The molecular weight excluding hydrogens is 613 g/mol. The fraction of sp³-hybridized carbons (Fsp3) is 0. The first-order valence-corrected chi connectivity index (χ1v) is 9.91. The fourth-order valence-corrected chi connectivity index (χ4v) is 3.54. The van der Waals surface area contributed by atoms with E-state index in [0.29, 0.717) is 0 Å². The van der Waals surface area contributed by atoms with Crippen molar-refractivity contribution in [3.05, 3.63) is 98.9 Å². The summed E-state index contributed by atoms with van der Waals surface area (Å²) in [5, 5.41) is 0. The van der Waals surface area contributed by atoms with Crippen LogP contribution >= 0.6 is 0 Å². The molecule has 3 aromatic carbocycles. The van der Waals surface area contributed by atoms with Crippen molar-refractivity contribution in [1.82, 2.24) is 4.98 Å². The lowest BCUT2D eigenvalue weighted by Crippen LogP contribution is -2.13. The highest BCUT2D eigenvalue weighted by molar-refractivity contribution is 5.80. The molecule has 0 bridgehead atoms. The van der Waals surface area contributed by atoms with Gasteiger partial charge < -0.3 is 0 Å². The highest BCUT2D eigenvalue weighted by Gasteiger charge is 2.38. The van der Waals surface area contributed by atoms with Crippen molar-refractivity contribution in [2.75, 3.05) is 0 Å². The van der Waals surface area contributed by atoms with Crippen molar-refractivity contribution in [2.45, 2.75) is 0 Å². The quantitative estimate of drug-likeness (QED) is 0.129. The third-order valence-electron chi connectivity index (χ3n) is 5.43. The maximum atomic E-state index is 15.4. The van der Waals surface area contributed by atoms with Crippen LogP contribution in [-0.4, -0.2) is 4.98 Å². The highest BCUT2D eigenvalue weighted by atomic mass is 19.2. The Morgan fingerprint density at radius 3 is 0.610 bits per heavy atom. The molecule has 0 aliphatic carbocycles. The minimum atomic E-state index is -3.04. The number of aromatic nitrogens is 1. The van der Waals surface area contributed by atoms with E-state index in [2.05, 4.69) is 4.98 Å². The van der Waals surface area contributed by atoms with E-state index in [4.69, 9.17) is 0 Å². The average Bonchev–Trinajstić information content (AvgIpc) is 2.94. The van der Waals surface area contributed by atoms with Crippen molar-refractivity contribution < 1.29 is 74.6 Å². The second kappa shape index (κ2) is 9.91. The van der Waals surface area contributed by atoms with Gasteiger partial charge in [-0.2, -0.15) is 0 Å². The standard InChI is InChI=1S/C23F17N/c24-5-1(6(25)14(33)19(38)13(5)32)2-11(30)22(3-7(26)15(34)20(39)16(35)8(3)27)41-23(12(2)31)4-9(28)17(36)21(40)18(37)10(4)29. The first kappa shape index (κ1) is 29.6. The summed E-state index contributed by atoms with van der Waals surface area (Å²) in [5.74, 6) is -50.6. The summed E-state index contributed by atoms with van der Waals surface area (Å²) in [6, 6.07) is 0. The number of pyridine rings is 1. The zero-order chi connectivity index (χ0) is 31.0. The molecule has 0 aliphatic rings. The van der Waals surface area contributed by atoms with Gasteiger partial charge in [0.2, 0.25) is 17.5 Å². The van der Waals surface area contributed by atoms with Gasteiger partial charge >= 0.3 is 0 Å². The summed E-state index contributed by atoms with van der Waals surface area (Å²) in [6.45, 7) is 0. The fourth-order valence-electron chi connectivity index (χ4n) is 3.54. The van der Waals surface area contributed by atoms with Gasteiger partial charge in [-0.1, -0.05) is 0 Å². The molecule has 0 radical (unpaired) electrons. The lowest BCUT2D eigenvalue weighted by molar-refractivity contribution is 0.378. The largest absolute Gasteiger partial charge is 0.241 e. The van der Waals surface area contributed by atoms with E-state index >= 15 is 8.78 Å². The zero-order valence-corrected chi connectivity index (χ0v) is 18.4. The lowest BCUT2D eigenvalue weighted by Gasteiger charge is -2.17. The summed E-state index contributed by atoms with van der Waals surface area (Å²) in [4.78, 5) is 2.56. The zero-order valence-electron chi connectivity index (χ0n) is 18.4. The van der Waals surface area contributed by atoms with E-state index in [9.17, 15) is 65.9 Å². The number of hydrogen-bond acceptors (Lipinski definition) is 1. The molecule has 0 saturated heterocycles. The molecular formula is C23F17N. The minimum Gasteiger partial charge on any atom is -0.241 e. The summed E-state index contributed by atoms with van der Waals surface area (Å²) in [5.41, 5.74) is -15.6. The SMILES string of the molecule is Fc1c(F)c(F)c(-c2nc(-c3c(F)c(F)c(F)c(F)c3F)c(F)c(-c3c(F)c(F)c(F)c(F)c3F)c2F)c(F)c1F. The summed E-state index contributed by atoms with van der Waals surface area (Å²) in [6.07, 6.45) is 0. The highest BCUT2D eigenvalue weighted by Crippen LogP contribution is 2.44. The van der Waals surface area contributed by atoms with Gasteiger partial charge in [0.15, 0.2) is 81.4 Å². The van der Waals surface area contributed by atoms with E-state index in [1.807, 2.05) is 0 Å². The van der Waals surface area contributed by atoms with Crippen LogP contribution in [0.2, 0.25) is 0 Å². The van der Waals surface area contributed by atoms with Crippen LogP contribution in [0.1, 0.15) is 0 Å². The van der Waals surface area contributed by atoms with Crippen molar-refractivity contribution in [1.29, 1.82) is 0 Å². The second-order valence-corrected chi connectivity index (χ2v) is 7.65. The number of hydrogen-bond donors (Lipinski definition) is 0. The predicted octanol–water partition coefficient (Wildman–Crippen LogP) is 8.45. The van der Waals surface area contributed by atoms with Crippen LogP contribution < -0.4 is 0 Å². The molecule has 4 aromatic rings. The molecule has 0 saturated carbocycles. The van der Waals surface area contributed by atoms with Crippen LogP contribution in [0.4, 0.5) is 74.6 Å². The minimum absolute atomic E-state index is 2.52. The molecule has 0 amide bonds. The maximum Gasteiger partial charge on any atom is 0.200 e. The lowest BCUT2D eigenvalue weighted by atomic mass is 9.96. The van der Waals surface area contributed by atoms with Gasteiger partial charge in [0.1, 0.15) is 11.4 Å². The van der Waals surface area contributed by atoms with E-state index in [-0.39, 0.29) is 0 Å². The summed E-state index contributed by atoms with van der Waals surface area (Å²) < 4.78 is 241. The van der Waals surface area contributed by atoms with Crippen LogP contribution in [-0.2, 0) is 0 Å². The Labute approximate surface area is 213 Å². The molecule has 216 valence electrons. The molecule has 0 atom stereocenters. The third-order valence-corrected chi connectivity index (χ3v) is 5.43. The maximum absolute atomic E-state index is 15.4. The molecule has 1 aromatic heterocycles. The molecule has 0 unspecified atom stereocenters. The smallest absolute Gasteiger partial charge is 0.200 e. The van der Waals surface area contributed by atoms with Crippen LogP contribution in [0.15, 0.2) is 0 Å². The van der Waals surface area contributed by atoms with Crippen molar-refractivity contribution in [3.63, 3.8) is 0 Å². The monoisotopic (exact) mass is 613 g/mol. The number of nitrogens with zero attached hydrogens (tertiary/aromatic N) is 1. The Hall–Kier alpha value is -4.38. The van der Waals surface area contributed by atoms with E-state index in [1.54, 1.807) is 0 Å². The number of benzene rings is 3. The van der Waals surface area contributed by atoms with E-state index in [1.165, 1.54) is 0 Å². The van der Waals surface area contributed by atoms with Gasteiger partial charge in [0, 0.05) is 0 Å². The molecule has 1 nitrogen and oxygen atoms in total. The average molecular weight is 613 g/mol. The van der Waals surface area contributed by atoms with Gasteiger partial charge in [-0.25, -0.2) is 79.6 Å². The Bertz CT molecular complexity index is 1630. The Kier molecular flexibility index (Phi) is 7.16. The van der Waals surface area contributed by atoms with Crippen molar-refractivity contribution in [3.8, 4) is 33.6 Å². The first-order valence-electron chi connectivity index (χ1n) is 9.91. The molecule has 0 fully saturated rings. The van der Waals surface area contributed by atoms with E-state index < -0.39 is 133 Å². The predicted molar refractivity (Wildman–Crippen MR) is 99.8 cm³/mol. The molecule has 41 heavy (non-hydrogen) atoms. The van der Waals surface area contributed by atoms with Crippen molar-refractivity contribution in [2.24, 2.45) is 0 Å². The topological polar surface area (TPSA) is 12.9 Å². The van der Waals surface area contributed by atoms with Crippen LogP contribution in [0, 0.1) is 98.9 Å². The molecule has 1 heterocycles. The van der Waals surface area contributed by atoms with Crippen molar-refractivity contribution >= 4 is 0 Å². The van der Waals surface area contributed by atoms with Crippen LogP contribution in [0.25, 0.3) is 33.6 Å². The first-order chi connectivity index (χ1) is 19.0. The number of rotatable bonds is 3. The second-order valence-electron chi connectivity index (χ2n) is 7.65. The Balaban J connectivity index is 2.34. The third kappa shape index (κ3) is 4.06. The van der Waals surface area contributed by atoms with Gasteiger partial charge in [-0.05, 0) is 0 Å². The molecule has 4 rings (SSSR count). The molecule has 0 N–H and O–H groups in total. The van der Waals surface area contributed by atoms with E-state index in [0.717, 1.165) is 0 Å². The van der Waals surface area contributed by atoms with Gasteiger partial charge in [-0.3, -0.25) is 0 Å². The van der Waals surface area contributed by atoms with Gasteiger partial charge in [0.05, 0.1) is 22.3 Å². The molecule has 0 aliphatic heterocycles. The van der Waals surface area contributed by atoms with Crippen LogP contribution in [0.5, 0.6) is 0 Å². The Morgan fingerprint density at radius 2 is 0.366 bits per heavy atom. The van der Waals surface area contributed by atoms with Gasteiger partial charge in [-0.15, -0.1) is 0 Å². The number of halogens is 17. The summed E-state index contributed by atoms with van der Waals surface area (Å²) in [7, 11) is 0. The Morgan fingerprint density at radius 1 is 0.195 bits per heavy atom. The molecule has 0 spiro atoms. The normalized spacial score (nSPS) is 11.5. The van der Waals surface area contributed by atoms with Crippen LogP contribution in [0.3, 0.4) is 0 Å². The molecule has 18 heteroatoms.